The smallest absolute Gasteiger partial charge is 0.349 e. The van der Waals surface area contributed by atoms with Gasteiger partial charge in [0.1, 0.15) is 24.2 Å². The Morgan fingerprint density at radius 2 is 1.70 bits per heavy atom. The second kappa shape index (κ2) is 19.7. The Balaban J connectivity index is 0.838. The largest absolute Gasteiger partial charge is 0.486 e. The second-order valence-corrected chi connectivity index (χ2v) is 21.3. The number of hydrogen-bond acceptors (Lipinski definition) is 14. The van der Waals surface area contributed by atoms with E-state index in [1.165, 1.54) is 38.4 Å². The predicted octanol–water partition coefficient (Wildman–Crippen LogP) is 3.84. The molecule has 2 atom stereocenters. The number of carbonyl (C=O) groups excluding carboxylic acids is 5. The van der Waals surface area contributed by atoms with Gasteiger partial charge >= 0.3 is 5.97 Å². The van der Waals surface area contributed by atoms with Crippen LogP contribution in [0.1, 0.15) is 76.3 Å². The summed E-state index contributed by atoms with van der Waals surface area (Å²) in [5.41, 5.74) is 1.05. The van der Waals surface area contributed by atoms with Crippen molar-refractivity contribution in [1.82, 2.24) is 19.4 Å². The number of carboxylic acid groups (broad SMARTS) is 1. The molecular weight excluding hydrogens is 957 g/mol. The number of imide groups is 1. The van der Waals surface area contributed by atoms with Gasteiger partial charge in [-0.2, -0.15) is 4.31 Å². The van der Waals surface area contributed by atoms with E-state index in [9.17, 15) is 52.5 Å². The maximum absolute atomic E-state index is 16.2. The fraction of sp³-hybridized carbons (Fsp3) is 0.404. The number of piperidine rings is 2. The van der Waals surface area contributed by atoms with Crippen LogP contribution in [-0.2, 0) is 41.5 Å². The number of thiophene rings is 1. The Hall–Kier alpha value is -6.53. The van der Waals surface area contributed by atoms with Crippen molar-refractivity contribution < 1.29 is 66.0 Å². The van der Waals surface area contributed by atoms with Gasteiger partial charge in [-0.3, -0.25) is 29.3 Å². The molecule has 4 aliphatic heterocycles. The number of nitrogens with zero attached hydrogens (tertiary/aromatic N) is 3. The van der Waals surface area contributed by atoms with E-state index in [0.717, 1.165) is 17.4 Å². The van der Waals surface area contributed by atoms with E-state index in [2.05, 4.69) is 21.3 Å². The molecule has 0 bridgehead atoms. The zero-order valence-corrected chi connectivity index (χ0v) is 39.8. The van der Waals surface area contributed by atoms with Gasteiger partial charge in [0.15, 0.2) is 17.0 Å². The number of benzene rings is 3. The highest BCUT2D eigenvalue weighted by molar-refractivity contribution is 7.88. The van der Waals surface area contributed by atoms with E-state index < -0.39 is 81.5 Å². The number of fused-ring (bicyclic) bond motifs is 1. The first-order valence-corrected chi connectivity index (χ1v) is 24.8. The van der Waals surface area contributed by atoms with E-state index in [4.69, 9.17) is 4.74 Å². The van der Waals surface area contributed by atoms with Crippen LogP contribution >= 0.6 is 11.3 Å². The number of anilines is 3. The number of hydrogen-bond donors (Lipinski definition) is 7. The van der Waals surface area contributed by atoms with Crippen molar-refractivity contribution in [3.05, 3.63) is 93.4 Å². The number of aromatic carboxylic acids is 1. The van der Waals surface area contributed by atoms with Gasteiger partial charge in [-0.25, -0.2) is 22.0 Å². The van der Waals surface area contributed by atoms with Gasteiger partial charge < -0.3 is 45.8 Å². The van der Waals surface area contributed by atoms with Crippen LogP contribution in [0.4, 0.5) is 25.8 Å². The number of carbonyl (C=O) groups is 6. The number of carboxylic acids is 1. The molecule has 7 N–H and O–H groups in total. The standard InChI is InChI=1S/C47H51F2N7O12S2/c1-24-40(68-22-38(59)60)42(46(64)65)69-41(24)29-7-5-9-33(39(29)49)51-27-14-15-56(47(2,3)17-27)70(66,67)23-25-10-11-31(48)34(16-25)52-43(61)26-19-54(20-26)37(58)18-50-32-8-4-6-28-30(32)21-55(45(28)63)35-12-13-36(57)53-44(35)62/h4-11,16,26-27,35,38,50-51,59-60H,12-15,17-23H2,1-3H3,(H,52,61)(H,64,65)(H,53,57,62)/t27-,35?/m1/s1. The van der Waals surface area contributed by atoms with Crippen LogP contribution in [0.2, 0.25) is 0 Å². The number of sulfonamides is 1. The number of aliphatic hydroxyl groups excluding tert-OH is 1. The van der Waals surface area contributed by atoms with Crippen LogP contribution in [0.5, 0.6) is 5.75 Å². The molecule has 0 radical (unpaired) electrons. The number of likely N-dealkylation sites (tertiary alicyclic amines) is 1. The summed E-state index contributed by atoms with van der Waals surface area (Å²) in [6.07, 6.45) is -0.980. The molecule has 19 nitrogen and oxygen atoms in total. The van der Waals surface area contributed by atoms with Crippen molar-refractivity contribution in [2.45, 2.75) is 82.7 Å². The first-order valence-electron chi connectivity index (χ1n) is 22.4. The number of nitrogens with one attached hydrogen (secondary N) is 4. The molecule has 372 valence electrons. The van der Waals surface area contributed by atoms with Gasteiger partial charge in [0, 0.05) is 77.0 Å². The van der Waals surface area contributed by atoms with E-state index in [0.29, 0.717) is 22.4 Å². The molecule has 4 aliphatic rings. The minimum atomic E-state index is -4.03. The molecule has 0 saturated carbocycles. The van der Waals surface area contributed by atoms with E-state index in [1.807, 2.05) is 0 Å². The molecule has 5 amide bonds. The van der Waals surface area contributed by atoms with Crippen molar-refractivity contribution in [3.63, 3.8) is 0 Å². The highest BCUT2D eigenvalue weighted by atomic mass is 32.2. The molecule has 70 heavy (non-hydrogen) atoms. The van der Waals surface area contributed by atoms with Crippen LogP contribution in [-0.4, -0.2) is 130 Å². The van der Waals surface area contributed by atoms with Gasteiger partial charge in [0.05, 0.1) is 29.6 Å². The topological polar surface area (TPSA) is 264 Å². The monoisotopic (exact) mass is 1010 g/mol. The summed E-state index contributed by atoms with van der Waals surface area (Å²) in [5.74, 6) is -6.25. The summed E-state index contributed by atoms with van der Waals surface area (Å²) < 4.78 is 65.9. The quantitative estimate of drug-likeness (QED) is 0.0622. The molecule has 8 rings (SSSR count). The zero-order chi connectivity index (χ0) is 50.4. The molecule has 1 aromatic heterocycles. The van der Waals surface area contributed by atoms with Crippen LogP contribution in [0, 0.1) is 24.5 Å². The van der Waals surface area contributed by atoms with E-state index in [-0.39, 0.29) is 114 Å². The summed E-state index contributed by atoms with van der Waals surface area (Å²) in [5, 5.41) is 39.3. The SMILES string of the molecule is Cc1c(-c2cccc(N[C@@H]3CCN(S(=O)(=O)Cc4ccc(F)c(NC(=O)C5CN(C(=O)CNc6cccc7c6CN(C6CCC(=O)NC6=O)C7=O)C5)c4)C(C)(C)C3)c2F)sc(C(=O)O)c1OCC(O)O. The third-order valence-electron chi connectivity index (χ3n) is 13.0. The molecule has 3 saturated heterocycles. The fourth-order valence-electron chi connectivity index (χ4n) is 9.45. The Labute approximate surface area is 404 Å². The van der Waals surface area contributed by atoms with Gasteiger partial charge in [0.2, 0.25) is 33.7 Å². The van der Waals surface area contributed by atoms with Crippen LogP contribution in [0.25, 0.3) is 10.4 Å². The van der Waals surface area contributed by atoms with Crippen LogP contribution in [0.3, 0.4) is 0 Å². The average molecular weight is 1010 g/mol. The number of ether oxygens (including phenoxy) is 1. The average Bonchev–Trinajstić information content (AvgIpc) is 3.78. The molecule has 0 aliphatic carbocycles. The normalized spacial score (nSPS) is 19.4. The highest BCUT2D eigenvalue weighted by Gasteiger charge is 2.43. The van der Waals surface area contributed by atoms with Crippen LogP contribution in [0.15, 0.2) is 54.6 Å². The third kappa shape index (κ3) is 10.2. The van der Waals surface area contributed by atoms with Gasteiger partial charge in [0.25, 0.3) is 5.91 Å². The van der Waals surface area contributed by atoms with Gasteiger partial charge in [-0.05, 0) is 75.9 Å². The van der Waals surface area contributed by atoms with Crippen molar-refractivity contribution in [1.29, 1.82) is 0 Å². The summed E-state index contributed by atoms with van der Waals surface area (Å²) >= 11 is 0.782. The molecule has 3 fully saturated rings. The summed E-state index contributed by atoms with van der Waals surface area (Å²) in [6, 6.07) is 12.1. The zero-order valence-electron chi connectivity index (χ0n) is 38.2. The first-order chi connectivity index (χ1) is 33.1. The van der Waals surface area contributed by atoms with Gasteiger partial charge in [-0.1, -0.05) is 24.3 Å². The lowest BCUT2D eigenvalue weighted by Crippen LogP contribution is -2.55. The molecule has 4 aromatic rings. The minimum Gasteiger partial charge on any atom is -0.486 e. The molecule has 23 heteroatoms. The maximum Gasteiger partial charge on any atom is 0.349 e. The van der Waals surface area contributed by atoms with E-state index in [1.54, 1.807) is 45.0 Å². The summed E-state index contributed by atoms with van der Waals surface area (Å²) in [4.78, 5) is 78.5. The summed E-state index contributed by atoms with van der Waals surface area (Å²) in [7, 11) is -4.03. The highest BCUT2D eigenvalue weighted by Crippen LogP contribution is 2.44. The Morgan fingerprint density at radius 3 is 2.39 bits per heavy atom. The van der Waals surface area contributed by atoms with Crippen molar-refractivity contribution >= 4 is 73.9 Å². The lowest BCUT2D eigenvalue weighted by molar-refractivity contribution is -0.140. The lowest BCUT2D eigenvalue weighted by atomic mass is 9.89. The molecular formula is C47H51F2N7O12S2. The lowest BCUT2D eigenvalue weighted by Gasteiger charge is -2.45. The Kier molecular flexibility index (Phi) is 14.0. The number of halogens is 2. The molecule has 1 unspecified atom stereocenters. The second-order valence-electron chi connectivity index (χ2n) is 18.3. The Morgan fingerprint density at radius 1 is 0.986 bits per heavy atom. The first kappa shape index (κ1) is 49.9. The summed E-state index contributed by atoms with van der Waals surface area (Å²) in [6.45, 7) is 4.54. The molecule has 0 spiro atoms. The van der Waals surface area contributed by atoms with E-state index >= 15 is 8.78 Å². The van der Waals surface area contributed by atoms with Crippen molar-refractivity contribution in [2.24, 2.45) is 5.92 Å². The van der Waals surface area contributed by atoms with Crippen molar-refractivity contribution in [3.8, 4) is 16.2 Å². The Bertz CT molecular complexity index is 2910. The molecule has 5 heterocycles. The number of rotatable bonds is 16. The van der Waals surface area contributed by atoms with Crippen LogP contribution < -0.4 is 26.0 Å². The van der Waals surface area contributed by atoms with Crippen molar-refractivity contribution in [2.75, 3.05) is 48.7 Å². The fourth-order valence-corrected chi connectivity index (χ4v) is 12.5. The van der Waals surface area contributed by atoms with Gasteiger partial charge in [-0.15, -0.1) is 11.3 Å². The predicted molar refractivity (Wildman–Crippen MR) is 251 cm³/mol. The minimum absolute atomic E-state index is 0.0471. The number of aliphatic hydroxyl groups is 2. The molecule has 3 aromatic carbocycles. The third-order valence-corrected chi connectivity index (χ3v) is 16.3. The number of amides is 5. The maximum atomic E-state index is 16.2.